The maximum absolute atomic E-state index is 5.73. The molecule has 4 rings (SSSR count). The lowest BCUT2D eigenvalue weighted by Crippen LogP contribution is -2.02. The number of hydrogen-bond acceptors (Lipinski definition) is 3. The Morgan fingerprint density at radius 1 is 1.00 bits per heavy atom. The predicted octanol–water partition coefficient (Wildman–Crippen LogP) is 2.99. The van der Waals surface area contributed by atoms with Crippen molar-refractivity contribution >= 4 is 0 Å². The van der Waals surface area contributed by atoms with E-state index < -0.39 is 0 Å². The molecule has 2 aromatic rings. The van der Waals surface area contributed by atoms with Crippen molar-refractivity contribution in [2.24, 2.45) is 0 Å². The first-order chi connectivity index (χ1) is 8.42. The van der Waals surface area contributed by atoms with Gasteiger partial charge in [0.25, 0.3) is 0 Å². The monoisotopic (exact) mass is 228 g/mol. The highest BCUT2D eigenvalue weighted by Crippen LogP contribution is 2.34. The molecule has 0 radical (unpaired) electrons. The Morgan fingerprint density at radius 2 is 1.88 bits per heavy atom. The van der Waals surface area contributed by atoms with Crippen LogP contribution in [0, 0.1) is 0 Å². The summed E-state index contributed by atoms with van der Waals surface area (Å²) in [4.78, 5) is 0. The average Bonchev–Trinajstić information content (AvgIpc) is 2.72. The van der Waals surface area contributed by atoms with Gasteiger partial charge in [-0.1, -0.05) is 30.3 Å². The van der Waals surface area contributed by atoms with Gasteiger partial charge in [0, 0.05) is 6.07 Å². The zero-order valence-electron chi connectivity index (χ0n) is 9.26. The SMILES string of the molecule is c1ccc(COc2cc3ccc2OCO3)cc1. The first-order valence-electron chi connectivity index (χ1n) is 5.48. The van der Waals surface area contributed by atoms with Crippen LogP contribution in [0.2, 0.25) is 0 Å². The van der Waals surface area contributed by atoms with Gasteiger partial charge >= 0.3 is 0 Å². The van der Waals surface area contributed by atoms with E-state index in [2.05, 4.69) is 0 Å². The molecule has 3 heteroatoms. The van der Waals surface area contributed by atoms with Crippen LogP contribution in [0.1, 0.15) is 5.56 Å². The van der Waals surface area contributed by atoms with Gasteiger partial charge in [-0.2, -0.15) is 0 Å². The first-order valence-corrected chi connectivity index (χ1v) is 5.48. The number of ether oxygens (including phenoxy) is 3. The quantitative estimate of drug-likeness (QED) is 0.808. The topological polar surface area (TPSA) is 27.7 Å². The molecule has 0 fully saturated rings. The number of benzene rings is 2. The largest absolute Gasteiger partial charge is 0.485 e. The fraction of sp³-hybridized carbons (Fsp3) is 0.143. The summed E-state index contributed by atoms with van der Waals surface area (Å²) in [6, 6.07) is 15.6. The van der Waals surface area contributed by atoms with E-state index in [1.54, 1.807) is 0 Å². The van der Waals surface area contributed by atoms with Gasteiger partial charge in [0.2, 0.25) is 6.79 Å². The highest BCUT2D eigenvalue weighted by atomic mass is 16.7. The fourth-order valence-corrected chi connectivity index (χ4v) is 1.71. The Bertz CT molecular complexity index is 508. The van der Waals surface area contributed by atoms with Crippen LogP contribution in [0.3, 0.4) is 0 Å². The second kappa shape index (κ2) is 4.37. The molecule has 2 bridgehead atoms. The second-order valence-corrected chi connectivity index (χ2v) is 3.79. The van der Waals surface area contributed by atoms with Crippen molar-refractivity contribution in [3.05, 3.63) is 54.1 Å². The van der Waals surface area contributed by atoms with E-state index in [0.717, 1.165) is 22.8 Å². The van der Waals surface area contributed by atoms with Gasteiger partial charge in [-0.15, -0.1) is 0 Å². The van der Waals surface area contributed by atoms with Crippen molar-refractivity contribution in [2.45, 2.75) is 6.61 Å². The zero-order chi connectivity index (χ0) is 11.5. The summed E-state index contributed by atoms with van der Waals surface area (Å²) in [6.07, 6.45) is 0. The summed E-state index contributed by atoms with van der Waals surface area (Å²) >= 11 is 0. The Balaban J connectivity index is 1.76. The number of rotatable bonds is 3. The number of fused-ring (bicyclic) bond motifs is 4. The van der Waals surface area contributed by atoms with Gasteiger partial charge in [0.15, 0.2) is 11.5 Å². The molecule has 2 aliphatic heterocycles. The third-order valence-corrected chi connectivity index (χ3v) is 2.59. The third-order valence-electron chi connectivity index (χ3n) is 2.59. The molecule has 0 atom stereocenters. The molecule has 0 unspecified atom stereocenters. The summed E-state index contributed by atoms with van der Waals surface area (Å²) < 4.78 is 16.4. The van der Waals surface area contributed by atoms with Crippen molar-refractivity contribution in [3.63, 3.8) is 0 Å². The van der Waals surface area contributed by atoms with Crippen molar-refractivity contribution in [1.29, 1.82) is 0 Å². The molecule has 2 heterocycles. The van der Waals surface area contributed by atoms with Crippen LogP contribution in [-0.2, 0) is 6.61 Å². The maximum Gasteiger partial charge on any atom is 0.231 e. The lowest BCUT2D eigenvalue weighted by molar-refractivity contribution is 0.124. The minimum Gasteiger partial charge on any atom is -0.485 e. The Hall–Kier alpha value is -2.16. The molecule has 2 aliphatic rings. The lowest BCUT2D eigenvalue weighted by atomic mass is 10.2. The van der Waals surface area contributed by atoms with E-state index >= 15 is 0 Å². The van der Waals surface area contributed by atoms with E-state index in [-0.39, 0.29) is 6.79 Å². The molecule has 3 nitrogen and oxygen atoms in total. The van der Waals surface area contributed by atoms with Gasteiger partial charge in [0.05, 0.1) is 0 Å². The molecule has 86 valence electrons. The Kier molecular flexibility index (Phi) is 2.58. The van der Waals surface area contributed by atoms with E-state index in [0.29, 0.717) is 6.61 Å². The minimum atomic E-state index is 0.242. The second-order valence-electron chi connectivity index (χ2n) is 3.79. The lowest BCUT2D eigenvalue weighted by Gasteiger charge is -2.08. The van der Waals surface area contributed by atoms with Gasteiger partial charge in [0.1, 0.15) is 12.4 Å². The Labute approximate surface area is 99.6 Å². The molecule has 0 aliphatic carbocycles. The summed E-state index contributed by atoms with van der Waals surface area (Å²) in [6.45, 7) is 0.771. The minimum absolute atomic E-state index is 0.242. The van der Waals surface area contributed by atoms with Crippen molar-refractivity contribution in [1.82, 2.24) is 0 Å². The molecule has 2 aromatic carbocycles. The molecular weight excluding hydrogens is 216 g/mol. The highest BCUT2D eigenvalue weighted by molar-refractivity contribution is 5.46. The number of hydrogen-bond donors (Lipinski definition) is 0. The molecule has 0 amide bonds. The van der Waals surface area contributed by atoms with Crippen molar-refractivity contribution < 1.29 is 14.2 Å². The highest BCUT2D eigenvalue weighted by Gasteiger charge is 2.12. The van der Waals surface area contributed by atoms with E-state index in [1.807, 2.05) is 48.5 Å². The van der Waals surface area contributed by atoms with Crippen LogP contribution >= 0.6 is 0 Å². The van der Waals surface area contributed by atoms with Crippen LogP contribution in [0.15, 0.2) is 48.5 Å². The maximum atomic E-state index is 5.73. The van der Waals surface area contributed by atoms with Crippen LogP contribution in [0.25, 0.3) is 0 Å². The van der Waals surface area contributed by atoms with Crippen molar-refractivity contribution in [3.8, 4) is 17.2 Å². The molecule has 0 N–H and O–H groups in total. The molecule has 0 saturated heterocycles. The summed E-state index contributed by atoms with van der Waals surface area (Å²) in [7, 11) is 0. The van der Waals surface area contributed by atoms with Crippen LogP contribution < -0.4 is 14.2 Å². The fourth-order valence-electron chi connectivity index (χ4n) is 1.71. The van der Waals surface area contributed by atoms with Crippen LogP contribution in [0.4, 0.5) is 0 Å². The molecule has 0 saturated carbocycles. The van der Waals surface area contributed by atoms with Crippen LogP contribution in [0.5, 0.6) is 17.2 Å². The summed E-state index contributed by atoms with van der Waals surface area (Å²) in [5.74, 6) is 2.22. The molecular formula is C14H12O3. The smallest absolute Gasteiger partial charge is 0.231 e. The van der Waals surface area contributed by atoms with Gasteiger partial charge in [-0.3, -0.25) is 0 Å². The molecule has 0 aromatic heterocycles. The zero-order valence-corrected chi connectivity index (χ0v) is 9.26. The Morgan fingerprint density at radius 3 is 2.76 bits per heavy atom. The van der Waals surface area contributed by atoms with E-state index in [1.165, 1.54) is 0 Å². The predicted molar refractivity (Wildman–Crippen MR) is 63.3 cm³/mol. The molecule has 17 heavy (non-hydrogen) atoms. The van der Waals surface area contributed by atoms with Crippen LogP contribution in [-0.4, -0.2) is 6.79 Å². The van der Waals surface area contributed by atoms with E-state index in [9.17, 15) is 0 Å². The molecule has 0 spiro atoms. The first kappa shape index (κ1) is 10.0. The average molecular weight is 228 g/mol. The third kappa shape index (κ3) is 2.18. The van der Waals surface area contributed by atoms with Gasteiger partial charge < -0.3 is 14.2 Å². The summed E-state index contributed by atoms with van der Waals surface area (Å²) in [5, 5.41) is 0. The standard InChI is InChI=1S/C14H12O3/c1-2-4-11(5-3-1)9-15-14-8-12-6-7-13(14)17-10-16-12/h1-8H,9-10H2. The van der Waals surface area contributed by atoms with Gasteiger partial charge in [-0.25, -0.2) is 0 Å². The normalized spacial score (nSPS) is 12.5. The van der Waals surface area contributed by atoms with Gasteiger partial charge in [-0.05, 0) is 17.7 Å². The van der Waals surface area contributed by atoms with E-state index in [4.69, 9.17) is 14.2 Å². The summed E-state index contributed by atoms with van der Waals surface area (Å²) in [5.41, 5.74) is 1.13. The van der Waals surface area contributed by atoms with Crippen molar-refractivity contribution in [2.75, 3.05) is 6.79 Å².